The van der Waals surface area contributed by atoms with Crippen LogP contribution in [-0.2, 0) is 22.5 Å². The Morgan fingerprint density at radius 3 is 2.72 bits per heavy atom. The molecule has 0 spiro atoms. The number of carbonyl (C=O) groups is 1. The zero-order valence-electron chi connectivity index (χ0n) is 16.2. The third kappa shape index (κ3) is 2.57. The molecule has 0 saturated carbocycles. The predicted molar refractivity (Wildman–Crippen MR) is 109 cm³/mol. The van der Waals surface area contributed by atoms with Crippen LogP contribution in [-0.4, -0.2) is 33.2 Å². The number of rotatable bonds is 2. The van der Waals surface area contributed by atoms with Crippen LogP contribution in [0, 0.1) is 5.92 Å². The van der Waals surface area contributed by atoms with E-state index in [9.17, 15) is 9.90 Å². The molecule has 1 unspecified atom stereocenters. The van der Waals surface area contributed by atoms with Crippen LogP contribution in [0.5, 0.6) is 0 Å². The first kappa shape index (κ1) is 17.2. The monoisotopic (exact) mass is 388 g/mol. The highest BCUT2D eigenvalue weighted by Gasteiger charge is 2.48. The molecular formula is C24H24N2O3. The van der Waals surface area contributed by atoms with Crippen molar-refractivity contribution in [2.45, 2.75) is 44.2 Å². The normalized spacial score (nSPS) is 28.7. The third-order valence-corrected chi connectivity index (χ3v) is 6.94. The Bertz CT molecular complexity index is 1090. The van der Waals surface area contributed by atoms with Gasteiger partial charge in [0.25, 0.3) is 0 Å². The predicted octanol–water partition coefficient (Wildman–Crippen LogP) is 3.57. The Hall–Kier alpha value is -2.63. The Labute approximate surface area is 169 Å². The number of aromatic nitrogens is 1. The third-order valence-electron chi connectivity index (χ3n) is 6.94. The van der Waals surface area contributed by atoms with Crippen LogP contribution >= 0.6 is 0 Å². The van der Waals surface area contributed by atoms with Gasteiger partial charge in [-0.25, -0.2) is 0 Å². The molecule has 1 aromatic heterocycles. The van der Waals surface area contributed by atoms with E-state index in [1.165, 1.54) is 22.2 Å². The highest BCUT2D eigenvalue weighted by Crippen LogP contribution is 2.48. The summed E-state index contributed by atoms with van der Waals surface area (Å²) in [6, 6.07) is 19.0. The van der Waals surface area contributed by atoms with Crippen molar-refractivity contribution in [1.82, 2.24) is 9.47 Å². The second-order valence-corrected chi connectivity index (χ2v) is 8.54. The fourth-order valence-corrected chi connectivity index (χ4v) is 5.70. The molecule has 4 atom stereocenters. The van der Waals surface area contributed by atoms with E-state index in [4.69, 9.17) is 4.74 Å². The summed E-state index contributed by atoms with van der Waals surface area (Å²) in [7, 11) is 0. The SMILES string of the molecule is O=C1C[C@H]2C[C@H]3c4c(c5ccccc5n4C(O)[C@H]2O1)CCN3Cc1ccccc1. The van der Waals surface area contributed by atoms with Gasteiger partial charge in [-0.05, 0) is 30.0 Å². The molecule has 29 heavy (non-hydrogen) atoms. The van der Waals surface area contributed by atoms with Crippen molar-refractivity contribution in [2.75, 3.05) is 6.54 Å². The molecule has 0 amide bonds. The second kappa shape index (κ2) is 6.44. The molecule has 1 saturated heterocycles. The molecule has 6 rings (SSSR count). The molecular weight excluding hydrogens is 364 g/mol. The van der Waals surface area contributed by atoms with Crippen molar-refractivity contribution in [2.24, 2.45) is 5.92 Å². The maximum atomic E-state index is 12.1. The average Bonchev–Trinajstić information content (AvgIpc) is 3.24. The van der Waals surface area contributed by atoms with Crippen molar-refractivity contribution in [3.8, 4) is 0 Å². The summed E-state index contributed by atoms with van der Waals surface area (Å²) < 4.78 is 7.68. The van der Waals surface area contributed by atoms with Gasteiger partial charge in [-0.1, -0.05) is 48.5 Å². The van der Waals surface area contributed by atoms with Crippen LogP contribution in [0.1, 0.15) is 41.9 Å². The summed E-state index contributed by atoms with van der Waals surface area (Å²) in [4.78, 5) is 14.6. The van der Waals surface area contributed by atoms with Crippen LogP contribution < -0.4 is 0 Å². The number of benzene rings is 2. The van der Waals surface area contributed by atoms with E-state index >= 15 is 0 Å². The minimum Gasteiger partial charge on any atom is -0.457 e. The number of aliphatic hydroxyl groups excluding tert-OH is 1. The molecule has 3 aliphatic rings. The molecule has 1 N–H and O–H groups in total. The number of carbonyl (C=O) groups excluding carboxylic acids is 1. The summed E-state index contributed by atoms with van der Waals surface area (Å²) >= 11 is 0. The molecule has 148 valence electrons. The smallest absolute Gasteiger partial charge is 0.306 e. The van der Waals surface area contributed by atoms with E-state index in [2.05, 4.69) is 51.9 Å². The molecule has 3 aliphatic heterocycles. The Kier molecular flexibility index (Phi) is 3.83. The Morgan fingerprint density at radius 1 is 1.07 bits per heavy atom. The molecule has 3 aromatic rings. The number of hydrogen-bond acceptors (Lipinski definition) is 4. The summed E-state index contributed by atoms with van der Waals surface area (Å²) in [5.41, 5.74) is 4.89. The Balaban J connectivity index is 1.51. The number of fused-ring (bicyclic) bond motifs is 4. The van der Waals surface area contributed by atoms with Crippen LogP contribution in [0.3, 0.4) is 0 Å². The average molecular weight is 388 g/mol. The molecule has 2 aromatic carbocycles. The minimum absolute atomic E-state index is 0.0467. The lowest BCUT2D eigenvalue weighted by molar-refractivity contribution is -0.148. The molecule has 0 radical (unpaired) electrons. The maximum Gasteiger partial charge on any atom is 0.306 e. The summed E-state index contributed by atoms with van der Waals surface area (Å²) in [5, 5.41) is 12.5. The number of hydrogen-bond donors (Lipinski definition) is 1. The summed E-state index contributed by atoms with van der Waals surface area (Å²) in [6.45, 7) is 1.84. The molecule has 5 heteroatoms. The van der Waals surface area contributed by atoms with Crippen LogP contribution in [0.4, 0.5) is 0 Å². The number of para-hydroxylation sites is 1. The van der Waals surface area contributed by atoms with Crippen molar-refractivity contribution in [1.29, 1.82) is 0 Å². The lowest BCUT2D eigenvalue weighted by Crippen LogP contribution is -2.36. The van der Waals surface area contributed by atoms with Crippen molar-refractivity contribution >= 4 is 16.9 Å². The van der Waals surface area contributed by atoms with Crippen LogP contribution in [0.2, 0.25) is 0 Å². The maximum absolute atomic E-state index is 12.1. The van der Waals surface area contributed by atoms with Crippen LogP contribution in [0.25, 0.3) is 10.9 Å². The number of ether oxygens (including phenoxy) is 1. The van der Waals surface area contributed by atoms with E-state index in [-0.39, 0.29) is 17.9 Å². The molecule has 5 nitrogen and oxygen atoms in total. The van der Waals surface area contributed by atoms with E-state index in [1.807, 2.05) is 12.1 Å². The van der Waals surface area contributed by atoms with Crippen LogP contribution in [0.15, 0.2) is 54.6 Å². The zero-order valence-corrected chi connectivity index (χ0v) is 16.2. The summed E-state index contributed by atoms with van der Waals surface area (Å²) in [5.74, 6) is -0.144. The number of esters is 1. The highest BCUT2D eigenvalue weighted by molar-refractivity contribution is 5.86. The zero-order chi connectivity index (χ0) is 19.5. The van der Waals surface area contributed by atoms with E-state index < -0.39 is 12.3 Å². The van der Waals surface area contributed by atoms with E-state index in [0.29, 0.717) is 6.42 Å². The van der Waals surface area contributed by atoms with Gasteiger partial charge in [0, 0.05) is 30.1 Å². The van der Waals surface area contributed by atoms with Gasteiger partial charge in [-0.2, -0.15) is 0 Å². The van der Waals surface area contributed by atoms with E-state index in [0.717, 1.165) is 31.4 Å². The van der Waals surface area contributed by atoms with Gasteiger partial charge in [0.1, 0.15) is 6.10 Å². The first-order chi connectivity index (χ1) is 14.2. The lowest BCUT2D eigenvalue weighted by Gasteiger charge is -2.37. The number of aliphatic hydroxyl groups is 1. The standard InChI is InChI=1S/C24H24N2O3/c27-21-13-16-12-20-22-18(10-11-25(20)14-15-6-2-1-3-7-15)17-8-4-5-9-19(17)26(22)24(28)23(16)29-21/h1-9,16,20,23-24,28H,10-14H2/t16-,20+,23+,24?/m1/s1. The molecule has 4 heterocycles. The van der Waals surface area contributed by atoms with Gasteiger partial charge in [0.15, 0.2) is 6.23 Å². The topological polar surface area (TPSA) is 54.7 Å². The van der Waals surface area contributed by atoms with E-state index in [1.54, 1.807) is 0 Å². The van der Waals surface area contributed by atoms with Gasteiger partial charge >= 0.3 is 5.97 Å². The van der Waals surface area contributed by atoms with Gasteiger partial charge in [0.2, 0.25) is 0 Å². The minimum atomic E-state index is -0.832. The number of nitrogens with zero attached hydrogens (tertiary/aromatic N) is 2. The first-order valence-corrected chi connectivity index (χ1v) is 10.5. The largest absolute Gasteiger partial charge is 0.457 e. The van der Waals surface area contributed by atoms with Crippen molar-refractivity contribution in [3.63, 3.8) is 0 Å². The van der Waals surface area contributed by atoms with Gasteiger partial charge in [0.05, 0.1) is 18.0 Å². The fourth-order valence-electron chi connectivity index (χ4n) is 5.70. The fraction of sp³-hybridized carbons (Fsp3) is 0.375. The Morgan fingerprint density at radius 2 is 1.86 bits per heavy atom. The van der Waals surface area contributed by atoms with Crippen molar-refractivity contribution in [3.05, 3.63) is 71.4 Å². The van der Waals surface area contributed by atoms with Gasteiger partial charge in [-0.3, -0.25) is 9.69 Å². The lowest BCUT2D eigenvalue weighted by atomic mass is 9.88. The molecule has 1 fully saturated rings. The highest BCUT2D eigenvalue weighted by atomic mass is 16.6. The van der Waals surface area contributed by atoms with Crippen molar-refractivity contribution < 1.29 is 14.6 Å². The quantitative estimate of drug-likeness (QED) is 0.682. The van der Waals surface area contributed by atoms with Gasteiger partial charge < -0.3 is 14.4 Å². The van der Waals surface area contributed by atoms with Gasteiger partial charge in [-0.15, -0.1) is 0 Å². The first-order valence-electron chi connectivity index (χ1n) is 10.5. The second-order valence-electron chi connectivity index (χ2n) is 8.54. The molecule has 0 aliphatic carbocycles. The summed E-state index contributed by atoms with van der Waals surface area (Å²) in [6.07, 6.45) is 0.904. The molecule has 0 bridgehead atoms.